The van der Waals surface area contributed by atoms with E-state index in [9.17, 15) is 12.9 Å². The summed E-state index contributed by atoms with van der Waals surface area (Å²) in [4.78, 5) is 1.17. The summed E-state index contributed by atoms with van der Waals surface area (Å²) in [5.41, 5.74) is 0. The summed E-state index contributed by atoms with van der Waals surface area (Å²) < 4.78 is 34.8. The first-order valence-corrected chi connectivity index (χ1v) is 2.96. The predicted molar refractivity (Wildman–Crippen MR) is 36.8 cm³/mol. The second-order valence-corrected chi connectivity index (χ2v) is 2.22. The summed E-state index contributed by atoms with van der Waals surface area (Å²) in [6.45, 7) is -1.07. The lowest BCUT2D eigenvalue weighted by Crippen LogP contribution is -2.35. The highest BCUT2D eigenvalue weighted by Crippen LogP contribution is 2.08. The molecule has 0 radical (unpaired) electrons. The maximum Gasteiger partial charge on any atom is 0.492 e. The van der Waals surface area contributed by atoms with Crippen molar-refractivity contribution in [3.8, 4) is 0 Å². The van der Waals surface area contributed by atoms with Crippen LogP contribution in [0.1, 0.15) is 0 Å². The molecule has 60 valence electrons. The fraction of sp³-hybridized carbons (Fsp3) is 0.600. The molecule has 0 aliphatic heterocycles. The van der Waals surface area contributed by atoms with Crippen LogP contribution in [0.2, 0.25) is 0 Å². The number of hydrogen-bond donors (Lipinski definition) is 0. The van der Waals surface area contributed by atoms with Crippen molar-refractivity contribution in [1.29, 1.82) is 0 Å². The number of nitrogens with zero attached hydrogens (tertiary/aromatic N) is 1. The summed E-state index contributed by atoms with van der Waals surface area (Å²) >= 11 is 0. The summed E-state index contributed by atoms with van der Waals surface area (Å²) in [7, 11) is 1.41. The van der Waals surface area contributed by atoms with E-state index >= 15 is 0 Å². The van der Waals surface area contributed by atoms with Gasteiger partial charge in [-0.05, 0) is 13.5 Å². The molecule has 0 atom stereocenters. The highest BCUT2D eigenvalue weighted by Gasteiger charge is 2.23. The van der Waals surface area contributed by atoms with E-state index in [0.29, 0.717) is 0 Å². The normalized spacial score (nSPS) is 12.1. The molecule has 0 fully saturated rings. The fourth-order valence-electron chi connectivity index (χ4n) is 0.648. The van der Waals surface area contributed by atoms with Crippen molar-refractivity contribution in [3.63, 3.8) is 0 Å². The van der Waals surface area contributed by atoms with Crippen LogP contribution < -0.4 is 0 Å². The molecule has 0 unspecified atom stereocenters. The first-order chi connectivity index (χ1) is 4.45. The summed E-state index contributed by atoms with van der Waals surface area (Å²) in [6, 6.07) is 0. The third-order valence-corrected chi connectivity index (χ3v) is 0.959. The number of halogens is 3. The molecule has 0 amide bonds. The molecule has 0 bridgehead atoms. The van der Waals surface area contributed by atoms with Gasteiger partial charge in [0.15, 0.2) is 0 Å². The van der Waals surface area contributed by atoms with Gasteiger partial charge in [0.1, 0.15) is 0 Å². The first kappa shape index (κ1) is 9.55. The summed E-state index contributed by atoms with van der Waals surface area (Å²) in [5.74, 6) is 0. The molecule has 0 aliphatic rings. The predicted octanol–water partition coefficient (Wildman–Crippen LogP) is 1.49. The van der Waals surface area contributed by atoms with Crippen LogP contribution in [0.5, 0.6) is 0 Å². The molecule has 0 aromatic carbocycles. The van der Waals surface area contributed by atoms with E-state index in [1.807, 2.05) is 0 Å². The van der Waals surface area contributed by atoms with E-state index in [0.717, 1.165) is 0 Å². The molecule has 0 rings (SSSR count). The van der Waals surface area contributed by atoms with Gasteiger partial charge in [-0.25, -0.2) is 0 Å². The van der Waals surface area contributed by atoms with Crippen LogP contribution in [0.25, 0.3) is 0 Å². The van der Waals surface area contributed by atoms with Crippen LogP contribution in [-0.2, 0) is 0 Å². The van der Waals surface area contributed by atoms with Crippen molar-refractivity contribution in [3.05, 3.63) is 12.7 Å². The summed E-state index contributed by atoms with van der Waals surface area (Å²) in [6.07, 6.45) is 0.633. The molecule has 1 nitrogen and oxygen atoms in total. The molecule has 0 spiro atoms. The Hall–Kier alpha value is -0.445. The van der Waals surface area contributed by atoms with Crippen LogP contribution in [0, 0.1) is 0 Å². The number of hydrogen-bond acceptors (Lipinski definition) is 1. The molecule has 10 heavy (non-hydrogen) atoms. The Morgan fingerprint density at radius 1 is 1.50 bits per heavy atom. The van der Waals surface area contributed by atoms with Crippen LogP contribution in [0.3, 0.4) is 0 Å². The van der Waals surface area contributed by atoms with E-state index < -0.39 is 13.4 Å². The Morgan fingerprint density at radius 2 is 2.00 bits per heavy atom. The lowest BCUT2D eigenvalue weighted by Gasteiger charge is -2.21. The monoisotopic (exact) mass is 152 g/mol. The lowest BCUT2D eigenvalue weighted by molar-refractivity contribution is 0.354. The van der Waals surface area contributed by atoms with Crippen LogP contribution in [-0.4, -0.2) is 31.9 Å². The van der Waals surface area contributed by atoms with Crippen LogP contribution in [0.4, 0.5) is 12.9 Å². The molecular formula is C5H10BF3N-. The molecule has 0 saturated heterocycles. The van der Waals surface area contributed by atoms with E-state index in [1.54, 1.807) is 0 Å². The largest absolute Gasteiger partial charge is 0.492 e. The Labute approximate surface area is 58.6 Å². The van der Waals surface area contributed by atoms with Crippen molar-refractivity contribution in [2.45, 2.75) is 0 Å². The van der Waals surface area contributed by atoms with Gasteiger partial charge < -0.3 is 17.8 Å². The zero-order valence-electron chi connectivity index (χ0n) is 5.86. The van der Waals surface area contributed by atoms with Crippen molar-refractivity contribution >= 4 is 6.98 Å². The van der Waals surface area contributed by atoms with Crippen LogP contribution in [0.15, 0.2) is 12.7 Å². The van der Waals surface area contributed by atoms with E-state index in [2.05, 4.69) is 6.58 Å². The third-order valence-electron chi connectivity index (χ3n) is 0.959. The molecule has 0 aromatic rings. The Balaban J connectivity index is 3.56. The SMILES string of the molecule is C=CCN(C)C[B-](F)(F)F. The molecular weight excluding hydrogens is 142 g/mol. The van der Waals surface area contributed by atoms with Gasteiger partial charge in [0.05, 0.1) is 0 Å². The Morgan fingerprint density at radius 3 is 2.30 bits per heavy atom. The zero-order chi connectivity index (χ0) is 8.20. The topological polar surface area (TPSA) is 3.24 Å². The third kappa shape index (κ3) is 5.69. The average molecular weight is 152 g/mol. The highest BCUT2D eigenvalue weighted by molar-refractivity contribution is 6.58. The van der Waals surface area contributed by atoms with Gasteiger partial charge in [0.25, 0.3) is 0 Å². The molecule has 0 aromatic heterocycles. The van der Waals surface area contributed by atoms with E-state index in [-0.39, 0.29) is 6.54 Å². The minimum absolute atomic E-state index is 0.279. The second-order valence-electron chi connectivity index (χ2n) is 2.22. The number of rotatable bonds is 4. The molecule has 5 heteroatoms. The Bertz CT molecular complexity index is 112. The lowest BCUT2D eigenvalue weighted by atomic mass is 9.91. The van der Waals surface area contributed by atoms with Gasteiger partial charge in [0.2, 0.25) is 0 Å². The van der Waals surface area contributed by atoms with Gasteiger partial charge in [-0.2, -0.15) is 0 Å². The van der Waals surface area contributed by atoms with E-state index in [4.69, 9.17) is 0 Å². The van der Waals surface area contributed by atoms with Gasteiger partial charge in [-0.1, -0.05) is 6.08 Å². The van der Waals surface area contributed by atoms with E-state index in [1.165, 1.54) is 18.0 Å². The van der Waals surface area contributed by atoms with Crippen molar-refractivity contribution in [2.75, 3.05) is 20.0 Å². The van der Waals surface area contributed by atoms with Crippen molar-refractivity contribution < 1.29 is 12.9 Å². The molecule has 0 aliphatic carbocycles. The fourth-order valence-corrected chi connectivity index (χ4v) is 0.648. The van der Waals surface area contributed by atoms with Crippen molar-refractivity contribution in [2.24, 2.45) is 0 Å². The van der Waals surface area contributed by atoms with Gasteiger partial charge in [0, 0.05) is 6.54 Å². The minimum atomic E-state index is -4.68. The minimum Gasteiger partial charge on any atom is -0.448 e. The molecule has 0 N–H and O–H groups in total. The van der Waals surface area contributed by atoms with Crippen molar-refractivity contribution in [1.82, 2.24) is 4.90 Å². The maximum atomic E-state index is 11.6. The van der Waals surface area contributed by atoms with Gasteiger partial charge in [-0.3, -0.25) is 0 Å². The highest BCUT2D eigenvalue weighted by atomic mass is 19.4. The quantitative estimate of drug-likeness (QED) is 0.435. The van der Waals surface area contributed by atoms with Gasteiger partial charge >= 0.3 is 6.98 Å². The maximum absolute atomic E-state index is 11.6. The summed E-state index contributed by atoms with van der Waals surface area (Å²) in [5, 5.41) is 0. The van der Waals surface area contributed by atoms with Gasteiger partial charge in [-0.15, -0.1) is 6.58 Å². The molecule has 0 heterocycles. The second kappa shape index (κ2) is 3.66. The molecule has 0 saturated carbocycles. The van der Waals surface area contributed by atoms with Crippen LogP contribution >= 0.6 is 0 Å². The average Bonchev–Trinajstić information content (AvgIpc) is 1.59. The first-order valence-electron chi connectivity index (χ1n) is 2.96. The smallest absolute Gasteiger partial charge is 0.448 e. The Kier molecular flexibility index (Phi) is 3.49. The standard InChI is InChI=1S/C5H10BF3N/c1-3-4-10(2)5-6(7,8)9/h3H,1,4-5H2,2H3/q-1. The number of likely N-dealkylation sites (N-methyl/N-ethyl adjacent to an activating group) is 1. The zero-order valence-corrected chi connectivity index (χ0v) is 5.86.